The molecule has 0 N–H and O–H groups in total. The van der Waals surface area contributed by atoms with Gasteiger partial charge in [0.25, 0.3) is 0 Å². The van der Waals surface area contributed by atoms with Crippen molar-refractivity contribution in [2.75, 3.05) is 0 Å². The van der Waals surface area contributed by atoms with Crippen LogP contribution in [-0.4, -0.2) is 5.78 Å². The van der Waals surface area contributed by atoms with Crippen molar-refractivity contribution in [3.63, 3.8) is 0 Å². The summed E-state index contributed by atoms with van der Waals surface area (Å²) in [6, 6.07) is 8.00. The van der Waals surface area contributed by atoms with Gasteiger partial charge >= 0.3 is 0 Å². The molecule has 0 radical (unpaired) electrons. The largest absolute Gasteiger partial charge is 0.293 e. The van der Waals surface area contributed by atoms with Crippen molar-refractivity contribution in [3.8, 4) is 0 Å². The zero-order valence-corrected chi connectivity index (χ0v) is 7.99. The normalized spacial score (nSPS) is 28.7. The van der Waals surface area contributed by atoms with E-state index in [1.165, 1.54) is 5.56 Å². The van der Waals surface area contributed by atoms with Crippen LogP contribution < -0.4 is 0 Å². The molecule has 0 aromatic heterocycles. The first-order valence-electron chi connectivity index (χ1n) is 5.12. The van der Waals surface area contributed by atoms with E-state index in [0.717, 1.165) is 24.8 Å². The number of fused-ring (bicyclic) bond motifs is 1. The molecule has 1 heteroatoms. The van der Waals surface area contributed by atoms with Crippen LogP contribution >= 0.6 is 0 Å². The lowest BCUT2D eigenvalue weighted by Gasteiger charge is -2.17. The Hall–Kier alpha value is -1.37. The first kappa shape index (κ1) is 7.98. The fourth-order valence-electron chi connectivity index (χ4n) is 2.65. The van der Waals surface area contributed by atoms with Crippen LogP contribution in [0.2, 0.25) is 0 Å². The van der Waals surface area contributed by atoms with Crippen molar-refractivity contribution in [3.05, 3.63) is 47.5 Å². The minimum Gasteiger partial charge on any atom is -0.293 e. The van der Waals surface area contributed by atoms with Gasteiger partial charge < -0.3 is 0 Å². The SMILES string of the molecule is O=C1c2ccccc2CC12C=CCC2. The van der Waals surface area contributed by atoms with Gasteiger partial charge in [-0.3, -0.25) is 4.79 Å². The Morgan fingerprint density at radius 1 is 1.21 bits per heavy atom. The standard InChI is InChI=1S/C13H12O/c14-12-11-6-2-1-5-10(11)9-13(12)7-3-4-8-13/h1-3,5-7H,4,8-9H2. The summed E-state index contributed by atoms with van der Waals surface area (Å²) in [6.07, 6.45) is 7.23. The van der Waals surface area contributed by atoms with Gasteiger partial charge in [0.15, 0.2) is 5.78 Å². The monoisotopic (exact) mass is 184 g/mol. The molecule has 1 spiro atoms. The Bertz CT molecular complexity index is 431. The molecule has 0 saturated heterocycles. The highest BCUT2D eigenvalue weighted by molar-refractivity contribution is 6.06. The average molecular weight is 184 g/mol. The average Bonchev–Trinajstić information content (AvgIpc) is 2.77. The Labute approximate surface area is 83.4 Å². The van der Waals surface area contributed by atoms with Crippen LogP contribution in [-0.2, 0) is 6.42 Å². The van der Waals surface area contributed by atoms with E-state index in [9.17, 15) is 4.79 Å². The van der Waals surface area contributed by atoms with Crippen molar-refractivity contribution in [1.82, 2.24) is 0 Å². The number of rotatable bonds is 0. The summed E-state index contributed by atoms with van der Waals surface area (Å²) in [4.78, 5) is 12.2. The minimum absolute atomic E-state index is 0.163. The van der Waals surface area contributed by atoms with E-state index in [0.29, 0.717) is 5.78 Å². The molecule has 1 aromatic carbocycles. The van der Waals surface area contributed by atoms with Crippen LogP contribution in [0.5, 0.6) is 0 Å². The van der Waals surface area contributed by atoms with E-state index in [-0.39, 0.29) is 5.41 Å². The summed E-state index contributed by atoms with van der Waals surface area (Å²) in [6.45, 7) is 0. The molecule has 2 aliphatic rings. The van der Waals surface area contributed by atoms with E-state index < -0.39 is 0 Å². The lowest BCUT2D eigenvalue weighted by Crippen LogP contribution is -2.22. The number of Topliss-reactive ketones (excluding diaryl/α,β-unsaturated/α-hetero) is 1. The molecule has 1 nitrogen and oxygen atoms in total. The molecule has 0 saturated carbocycles. The molecule has 3 rings (SSSR count). The van der Waals surface area contributed by atoms with Crippen molar-refractivity contribution in [1.29, 1.82) is 0 Å². The molecule has 0 heterocycles. The highest BCUT2D eigenvalue weighted by Crippen LogP contribution is 2.44. The number of carbonyl (C=O) groups is 1. The number of hydrogen-bond donors (Lipinski definition) is 0. The van der Waals surface area contributed by atoms with E-state index in [1.54, 1.807) is 0 Å². The topological polar surface area (TPSA) is 17.1 Å². The van der Waals surface area contributed by atoms with Crippen molar-refractivity contribution in [2.45, 2.75) is 19.3 Å². The first-order valence-corrected chi connectivity index (χ1v) is 5.12. The first-order chi connectivity index (χ1) is 6.82. The fraction of sp³-hybridized carbons (Fsp3) is 0.308. The van der Waals surface area contributed by atoms with Crippen molar-refractivity contribution < 1.29 is 4.79 Å². The van der Waals surface area contributed by atoms with Crippen LogP contribution in [0.3, 0.4) is 0 Å². The zero-order valence-electron chi connectivity index (χ0n) is 7.99. The van der Waals surface area contributed by atoms with Gasteiger partial charge in [-0.25, -0.2) is 0 Å². The van der Waals surface area contributed by atoms with Crippen LogP contribution in [0.15, 0.2) is 36.4 Å². The molecule has 1 aromatic rings. The van der Waals surface area contributed by atoms with Crippen molar-refractivity contribution in [2.24, 2.45) is 5.41 Å². The molecule has 1 unspecified atom stereocenters. The van der Waals surface area contributed by atoms with Gasteiger partial charge in [-0.15, -0.1) is 0 Å². The summed E-state index contributed by atoms with van der Waals surface area (Å²) in [5.41, 5.74) is 2.01. The van der Waals surface area contributed by atoms with Gasteiger partial charge in [0, 0.05) is 5.56 Å². The smallest absolute Gasteiger partial charge is 0.173 e. The minimum atomic E-state index is -0.163. The second kappa shape index (κ2) is 2.57. The molecule has 0 amide bonds. The molecular formula is C13H12O. The van der Waals surface area contributed by atoms with E-state index in [4.69, 9.17) is 0 Å². The highest BCUT2D eigenvalue weighted by atomic mass is 16.1. The Kier molecular flexibility index (Phi) is 1.46. The fourth-order valence-corrected chi connectivity index (χ4v) is 2.65. The number of hydrogen-bond acceptors (Lipinski definition) is 1. The lowest BCUT2D eigenvalue weighted by atomic mass is 9.83. The maximum atomic E-state index is 12.2. The molecular weight excluding hydrogens is 172 g/mol. The van der Waals surface area contributed by atoms with E-state index in [1.807, 2.05) is 18.2 Å². The highest BCUT2D eigenvalue weighted by Gasteiger charge is 2.44. The van der Waals surface area contributed by atoms with Gasteiger partial charge in [0.1, 0.15) is 0 Å². The van der Waals surface area contributed by atoms with Gasteiger partial charge in [-0.1, -0.05) is 36.4 Å². The molecule has 1 atom stereocenters. The quantitative estimate of drug-likeness (QED) is 0.566. The maximum absolute atomic E-state index is 12.2. The zero-order chi connectivity index (χ0) is 9.60. The Morgan fingerprint density at radius 3 is 2.79 bits per heavy atom. The Balaban J connectivity index is 2.13. The maximum Gasteiger partial charge on any atom is 0.173 e. The summed E-state index contributed by atoms with van der Waals surface area (Å²) >= 11 is 0. The predicted molar refractivity (Wildman–Crippen MR) is 55.3 cm³/mol. The van der Waals surface area contributed by atoms with Crippen LogP contribution in [0.4, 0.5) is 0 Å². The number of benzene rings is 1. The third-order valence-corrected chi connectivity index (χ3v) is 3.41. The third-order valence-electron chi connectivity index (χ3n) is 3.41. The number of carbonyl (C=O) groups excluding carboxylic acids is 1. The second-order valence-corrected chi connectivity index (χ2v) is 4.26. The molecule has 0 aliphatic heterocycles. The van der Waals surface area contributed by atoms with Gasteiger partial charge in [-0.05, 0) is 24.8 Å². The number of allylic oxidation sites excluding steroid dienone is 2. The molecule has 0 bridgehead atoms. The van der Waals surface area contributed by atoms with Gasteiger partial charge in [0.05, 0.1) is 5.41 Å². The summed E-state index contributed by atoms with van der Waals surface area (Å²) < 4.78 is 0. The summed E-state index contributed by atoms with van der Waals surface area (Å²) in [5.74, 6) is 0.335. The predicted octanol–water partition coefficient (Wildman–Crippen LogP) is 2.76. The lowest BCUT2D eigenvalue weighted by molar-refractivity contribution is 0.0874. The molecule has 14 heavy (non-hydrogen) atoms. The second-order valence-electron chi connectivity index (χ2n) is 4.26. The molecule has 70 valence electrons. The Morgan fingerprint density at radius 2 is 2.07 bits per heavy atom. The van der Waals surface area contributed by atoms with E-state index >= 15 is 0 Å². The summed E-state index contributed by atoms with van der Waals surface area (Å²) in [5, 5.41) is 0. The van der Waals surface area contributed by atoms with Crippen LogP contribution in [0, 0.1) is 5.41 Å². The summed E-state index contributed by atoms with van der Waals surface area (Å²) in [7, 11) is 0. The third kappa shape index (κ3) is 0.872. The van der Waals surface area contributed by atoms with Crippen molar-refractivity contribution >= 4 is 5.78 Å². The van der Waals surface area contributed by atoms with Gasteiger partial charge in [-0.2, -0.15) is 0 Å². The van der Waals surface area contributed by atoms with Crippen LogP contribution in [0.25, 0.3) is 0 Å². The molecule has 0 fully saturated rings. The van der Waals surface area contributed by atoms with E-state index in [2.05, 4.69) is 18.2 Å². The molecule has 2 aliphatic carbocycles. The number of ketones is 1. The van der Waals surface area contributed by atoms with Crippen LogP contribution in [0.1, 0.15) is 28.8 Å². The van der Waals surface area contributed by atoms with Gasteiger partial charge in [0.2, 0.25) is 0 Å².